The van der Waals surface area contributed by atoms with Gasteiger partial charge in [-0.3, -0.25) is 0 Å². The Morgan fingerprint density at radius 2 is 2.13 bits per heavy atom. The van der Waals surface area contributed by atoms with Gasteiger partial charge in [-0.25, -0.2) is 0 Å². The molecular weight excluding hydrogens is 326 g/mol. The first-order valence-corrected chi connectivity index (χ1v) is 8.99. The summed E-state index contributed by atoms with van der Waals surface area (Å²) in [7, 11) is 0. The van der Waals surface area contributed by atoms with E-state index >= 15 is 0 Å². The van der Waals surface area contributed by atoms with E-state index in [1.54, 1.807) is 0 Å². The van der Waals surface area contributed by atoms with Crippen LogP contribution < -0.4 is 5.32 Å². The van der Waals surface area contributed by atoms with Crippen molar-refractivity contribution in [3.8, 4) is 12.1 Å². The summed E-state index contributed by atoms with van der Waals surface area (Å²) in [5, 5.41) is 30.0. The number of nitrogens with one attached hydrogen (secondary N) is 1. The summed E-state index contributed by atoms with van der Waals surface area (Å²) in [5.74, 6) is 0.510. The van der Waals surface area contributed by atoms with E-state index in [-0.39, 0.29) is 5.92 Å². The minimum atomic E-state index is -0.126. The molecule has 0 aliphatic rings. The first-order chi connectivity index (χ1) is 11.1. The van der Waals surface area contributed by atoms with E-state index in [1.165, 1.54) is 28.7 Å². The largest absolute Gasteiger partial charge is 0.330 e. The number of rotatable bonds is 7. The van der Waals surface area contributed by atoms with Gasteiger partial charge in [-0.05, 0) is 31.9 Å². The van der Waals surface area contributed by atoms with Crippen molar-refractivity contribution in [2.24, 2.45) is 5.92 Å². The quantitative estimate of drug-likeness (QED) is 0.748. The van der Waals surface area contributed by atoms with E-state index in [1.807, 2.05) is 6.07 Å². The fourth-order valence-corrected chi connectivity index (χ4v) is 3.83. The normalized spacial score (nSPS) is 11.5. The standard InChI is InChI=1S/C16H17N5S2/c1-11-5-6-14(12(2)8-11)19-15-20-21-16(23-15)22-10-13(9-18)4-3-7-17/h5-6,8,13H,3-4,10H2,1-2H3,(H,19,20)/t13-/m0/s1. The molecule has 0 fully saturated rings. The molecule has 5 nitrogen and oxygen atoms in total. The van der Waals surface area contributed by atoms with Crippen molar-refractivity contribution >= 4 is 33.9 Å². The van der Waals surface area contributed by atoms with Gasteiger partial charge in [-0.15, -0.1) is 10.2 Å². The molecule has 23 heavy (non-hydrogen) atoms. The van der Waals surface area contributed by atoms with Crippen LogP contribution in [0.25, 0.3) is 0 Å². The summed E-state index contributed by atoms with van der Waals surface area (Å²) >= 11 is 2.99. The average Bonchev–Trinajstić information content (AvgIpc) is 2.98. The van der Waals surface area contributed by atoms with E-state index in [2.05, 4.69) is 53.6 Å². The second kappa shape index (κ2) is 8.52. The molecule has 2 rings (SSSR count). The van der Waals surface area contributed by atoms with Crippen molar-refractivity contribution in [3.63, 3.8) is 0 Å². The number of hydrogen-bond acceptors (Lipinski definition) is 7. The maximum Gasteiger partial charge on any atom is 0.210 e. The second-order valence-electron chi connectivity index (χ2n) is 5.15. The average molecular weight is 343 g/mol. The Morgan fingerprint density at radius 1 is 1.30 bits per heavy atom. The van der Waals surface area contributed by atoms with E-state index in [0.29, 0.717) is 18.6 Å². The molecule has 1 aromatic carbocycles. The van der Waals surface area contributed by atoms with Gasteiger partial charge in [-0.2, -0.15) is 10.5 Å². The Labute approximate surface area is 144 Å². The van der Waals surface area contributed by atoms with Crippen molar-refractivity contribution in [3.05, 3.63) is 29.3 Å². The van der Waals surface area contributed by atoms with Gasteiger partial charge in [0, 0.05) is 17.9 Å². The zero-order valence-corrected chi connectivity index (χ0v) is 14.7. The molecule has 0 saturated heterocycles. The zero-order chi connectivity index (χ0) is 16.7. The third-order valence-corrected chi connectivity index (χ3v) is 5.36. The van der Waals surface area contributed by atoms with Crippen molar-refractivity contribution in [1.82, 2.24) is 10.2 Å². The number of benzene rings is 1. The van der Waals surface area contributed by atoms with Gasteiger partial charge in [0.15, 0.2) is 4.34 Å². The van der Waals surface area contributed by atoms with Crippen LogP contribution in [0.3, 0.4) is 0 Å². The van der Waals surface area contributed by atoms with Crippen LogP contribution >= 0.6 is 23.1 Å². The highest BCUT2D eigenvalue weighted by atomic mass is 32.2. The Morgan fingerprint density at radius 3 is 2.83 bits per heavy atom. The van der Waals surface area contributed by atoms with Gasteiger partial charge in [0.2, 0.25) is 5.13 Å². The number of anilines is 2. The number of hydrogen-bond donors (Lipinski definition) is 1. The van der Waals surface area contributed by atoms with Gasteiger partial charge in [0.25, 0.3) is 0 Å². The molecule has 0 radical (unpaired) electrons. The highest BCUT2D eigenvalue weighted by Gasteiger charge is 2.11. The third kappa shape index (κ3) is 5.24. The molecule has 0 aliphatic carbocycles. The van der Waals surface area contributed by atoms with Crippen LogP contribution in [0.5, 0.6) is 0 Å². The molecular formula is C16H17N5S2. The topological polar surface area (TPSA) is 85.4 Å². The van der Waals surface area contributed by atoms with Crippen molar-refractivity contribution < 1.29 is 0 Å². The molecule has 2 aromatic rings. The molecule has 7 heteroatoms. The highest BCUT2D eigenvalue weighted by molar-refractivity contribution is 8.01. The fraction of sp³-hybridized carbons (Fsp3) is 0.375. The van der Waals surface area contributed by atoms with Gasteiger partial charge in [0.1, 0.15) is 0 Å². The van der Waals surface area contributed by atoms with E-state index < -0.39 is 0 Å². The van der Waals surface area contributed by atoms with Crippen LogP contribution in [-0.4, -0.2) is 16.0 Å². The number of nitrogens with zero attached hydrogens (tertiary/aromatic N) is 4. The monoisotopic (exact) mass is 343 g/mol. The van der Waals surface area contributed by atoms with Gasteiger partial charge in [0.05, 0.1) is 18.1 Å². The molecule has 118 valence electrons. The summed E-state index contributed by atoms with van der Waals surface area (Å²) in [6.07, 6.45) is 1.01. The summed E-state index contributed by atoms with van der Waals surface area (Å²) in [6, 6.07) is 10.5. The second-order valence-corrected chi connectivity index (χ2v) is 7.39. The maximum absolute atomic E-state index is 9.07. The minimum absolute atomic E-state index is 0.126. The number of aromatic nitrogens is 2. The molecule has 0 unspecified atom stereocenters. The van der Waals surface area contributed by atoms with Crippen molar-refractivity contribution in [2.75, 3.05) is 11.1 Å². The lowest BCUT2D eigenvalue weighted by molar-refractivity contribution is 0.685. The summed E-state index contributed by atoms with van der Waals surface area (Å²) < 4.78 is 0.828. The van der Waals surface area contributed by atoms with Gasteiger partial charge >= 0.3 is 0 Å². The smallest absolute Gasteiger partial charge is 0.210 e. The molecule has 0 aliphatic heterocycles. The van der Waals surface area contributed by atoms with Crippen LogP contribution in [0.1, 0.15) is 24.0 Å². The Balaban J connectivity index is 1.93. The first kappa shape index (κ1) is 17.3. The van der Waals surface area contributed by atoms with E-state index in [9.17, 15) is 0 Å². The van der Waals surface area contributed by atoms with E-state index in [4.69, 9.17) is 10.5 Å². The Hall–Kier alpha value is -2.09. The molecule has 1 aromatic heterocycles. The van der Waals surface area contributed by atoms with Crippen LogP contribution in [0.4, 0.5) is 10.8 Å². The van der Waals surface area contributed by atoms with Gasteiger partial charge in [-0.1, -0.05) is 40.8 Å². The molecule has 1 N–H and O–H groups in total. The summed E-state index contributed by atoms with van der Waals surface area (Å²) in [4.78, 5) is 0. The number of thioether (sulfide) groups is 1. The lowest BCUT2D eigenvalue weighted by atomic mass is 10.1. The molecule has 1 atom stereocenters. The lowest BCUT2D eigenvalue weighted by Crippen LogP contribution is -1.99. The lowest BCUT2D eigenvalue weighted by Gasteiger charge is -2.06. The molecule has 1 heterocycles. The van der Waals surface area contributed by atoms with Gasteiger partial charge < -0.3 is 5.32 Å². The Bertz CT molecular complexity index is 742. The Kier molecular flexibility index (Phi) is 6.40. The SMILES string of the molecule is Cc1ccc(Nc2nnc(SC[C@H](C#N)CCC#N)s2)c(C)c1. The fourth-order valence-electron chi connectivity index (χ4n) is 1.98. The zero-order valence-electron chi connectivity index (χ0n) is 13.0. The molecule has 0 amide bonds. The number of nitriles is 2. The minimum Gasteiger partial charge on any atom is -0.330 e. The van der Waals surface area contributed by atoms with Crippen LogP contribution in [0.15, 0.2) is 22.5 Å². The van der Waals surface area contributed by atoms with Crippen molar-refractivity contribution in [2.45, 2.75) is 31.0 Å². The third-order valence-electron chi connectivity index (χ3n) is 3.23. The molecule has 0 bridgehead atoms. The summed E-state index contributed by atoms with van der Waals surface area (Å²) in [6.45, 7) is 4.12. The predicted molar refractivity (Wildman–Crippen MR) is 93.8 cm³/mol. The van der Waals surface area contributed by atoms with Crippen LogP contribution in [0.2, 0.25) is 0 Å². The van der Waals surface area contributed by atoms with Crippen LogP contribution in [0, 0.1) is 42.4 Å². The van der Waals surface area contributed by atoms with E-state index in [0.717, 1.165) is 20.7 Å². The van der Waals surface area contributed by atoms with Crippen LogP contribution in [-0.2, 0) is 0 Å². The predicted octanol–water partition coefficient (Wildman–Crippen LogP) is 4.43. The highest BCUT2D eigenvalue weighted by Crippen LogP contribution is 2.30. The molecule has 0 saturated carbocycles. The first-order valence-electron chi connectivity index (χ1n) is 7.19. The maximum atomic E-state index is 9.07. The number of aryl methyl sites for hydroxylation is 2. The van der Waals surface area contributed by atoms with Crippen molar-refractivity contribution in [1.29, 1.82) is 10.5 Å². The molecule has 0 spiro atoms. The summed E-state index contributed by atoms with van der Waals surface area (Å²) in [5.41, 5.74) is 3.41.